The molecule has 0 saturated carbocycles. The molecule has 0 radical (unpaired) electrons. The Labute approximate surface area is 160 Å². The van der Waals surface area contributed by atoms with Crippen LogP contribution in [0.5, 0.6) is 0 Å². The van der Waals surface area contributed by atoms with E-state index in [4.69, 9.17) is 0 Å². The summed E-state index contributed by atoms with van der Waals surface area (Å²) >= 11 is 0. The molecule has 1 aromatic rings. The zero-order valence-electron chi connectivity index (χ0n) is 16.9. The van der Waals surface area contributed by atoms with E-state index < -0.39 is 17.8 Å². The number of fused-ring (bicyclic) bond motifs is 1. The van der Waals surface area contributed by atoms with Gasteiger partial charge in [0.25, 0.3) is 11.8 Å². The first kappa shape index (κ1) is 19.1. The van der Waals surface area contributed by atoms with Crippen molar-refractivity contribution < 1.29 is 14.4 Å². The van der Waals surface area contributed by atoms with Crippen LogP contribution in [0.4, 0.5) is 10.5 Å². The molecule has 3 rings (SSSR count). The average Bonchev–Trinajstić information content (AvgIpc) is 2.62. The summed E-state index contributed by atoms with van der Waals surface area (Å²) in [5.74, 6) is -0.754. The topological polar surface area (TPSA) is 60.9 Å². The summed E-state index contributed by atoms with van der Waals surface area (Å²) in [6, 6.07) is 5.45. The molecule has 0 aromatic heterocycles. The van der Waals surface area contributed by atoms with Gasteiger partial charge in [-0.2, -0.15) is 0 Å². The van der Waals surface area contributed by atoms with Crippen molar-refractivity contribution in [1.82, 2.24) is 9.80 Å². The maximum absolute atomic E-state index is 12.4. The summed E-state index contributed by atoms with van der Waals surface area (Å²) in [7, 11) is 2.77. The van der Waals surface area contributed by atoms with Gasteiger partial charge in [-0.3, -0.25) is 19.4 Å². The minimum Gasteiger partial charge on any atom is -0.366 e. The summed E-state index contributed by atoms with van der Waals surface area (Å²) < 4.78 is 0. The van der Waals surface area contributed by atoms with Gasteiger partial charge in [-0.15, -0.1) is 0 Å². The predicted octanol–water partition coefficient (Wildman–Crippen LogP) is 3.23. The molecule has 144 valence electrons. The highest BCUT2D eigenvalue weighted by atomic mass is 16.2. The third-order valence-electron chi connectivity index (χ3n) is 5.68. The maximum atomic E-state index is 12.4. The Morgan fingerprint density at radius 2 is 1.70 bits per heavy atom. The largest absolute Gasteiger partial charge is 0.366 e. The lowest BCUT2D eigenvalue weighted by Crippen LogP contribution is -2.52. The van der Waals surface area contributed by atoms with Gasteiger partial charge >= 0.3 is 6.03 Å². The zero-order chi connectivity index (χ0) is 20.1. The second-order valence-corrected chi connectivity index (χ2v) is 8.05. The van der Waals surface area contributed by atoms with E-state index in [0.29, 0.717) is 5.92 Å². The van der Waals surface area contributed by atoms with Crippen LogP contribution in [-0.2, 0) is 9.59 Å². The molecule has 2 aliphatic heterocycles. The predicted molar refractivity (Wildman–Crippen MR) is 105 cm³/mol. The highest BCUT2D eigenvalue weighted by Crippen LogP contribution is 2.43. The Morgan fingerprint density at radius 1 is 1.11 bits per heavy atom. The number of nitrogens with zero attached hydrogens (tertiary/aromatic N) is 3. The standard InChI is InChI=1S/C21H27N3O3/c1-7-24-17-9-8-14(10-15(17)13(2)12-21(24,3)4)11-16-18(25)22(5)20(27)23(6)19(16)26/h8-11,13H,7,12H2,1-6H3/t13-/m1/s1. The quantitative estimate of drug-likeness (QED) is 0.593. The Hall–Kier alpha value is -2.63. The molecule has 0 unspecified atom stereocenters. The number of imide groups is 2. The van der Waals surface area contributed by atoms with Gasteiger partial charge in [0.15, 0.2) is 0 Å². The minimum absolute atomic E-state index is 0.00990. The molecule has 2 heterocycles. The van der Waals surface area contributed by atoms with Gasteiger partial charge in [-0.1, -0.05) is 13.0 Å². The van der Waals surface area contributed by atoms with Gasteiger partial charge in [0.05, 0.1) is 0 Å². The Kier molecular flexibility index (Phi) is 4.62. The monoisotopic (exact) mass is 369 g/mol. The molecule has 1 aromatic carbocycles. The fourth-order valence-electron chi connectivity index (χ4n) is 4.34. The number of anilines is 1. The molecule has 0 aliphatic carbocycles. The summed E-state index contributed by atoms with van der Waals surface area (Å²) in [6.45, 7) is 9.80. The lowest BCUT2D eigenvalue weighted by atomic mass is 9.79. The highest BCUT2D eigenvalue weighted by Gasteiger charge is 2.38. The van der Waals surface area contributed by atoms with Gasteiger partial charge < -0.3 is 4.90 Å². The Balaban J connectivity index is 2.04. The summed E-state index contributed by atoms with van der Waals surface area (Å²) in [4.78, 5) is 41.0. The van der Waals surface area contributed by atoms with Crippen molar-refractivity contribution in [2.24, 2.45) is 0 Å². The number of amides is 4. The van der Waals surface area contributed by atoms with Gasteiger partial charge in [0, 0.05) is 31.9 Å². The van der Waals surface area contributed by atoms with Crippen LogP contribution in [0, 0.1) is 0 Å². The Morgan fingerprint density at radius 3 is 2.26 bits per heavy atom. The van der Waals surface area contributed by atoms with Crippen molar-refractivity contribution >= 4 is 29.6 Å². The normalized spacial score (nSPS) is 22.3. The molecule has 6 heteroatoms. The van der Waals surface area contributed by atoms with Crippen LogP contribution >= 0.6 is 0 Å². The second kappa shape index (κ2) is 6.51. The van der Waals surface area contributed by atoms with Crippen LogP contribution in [0.3, 0.4) is 0 Å². The van der Waals surface area contributed by atoms with Gasteiger partial charge in [0.1, 0.15) is 5.57 Å². The molecule has 1 atom stereocenters. The van der Waals surface area contributed by atoms with Crippen molar-refractivity contribution in [3.8, 4) is 0 Å². The van der Waals surface area contributed by atoms with Crippen LogP contribution in [0.25, 0.3) is 6.08 Å². The van der Waals surface area contributed by atoms with Crippen molar-refractivity contribution in [3.05, 3.63) is 34.9 Å². The van der Waals surface area contributed by atoms with Crippen LogP contribution in [-0.4, -0.2) is 53.8 Å². The van der Waals surface area contributed by atoms with Gasteiger partial charge in [-0.25, -0.2) is 4.79 Å². The molecule has 1 fully saturated rings. The first-order chi connectivity index (χ1) is 12.6. The highest BCUT2D eigenvalue weighted by molar-refractivity contribution is 6.30. The van der Waals surface area contributed by atoms with E-state index in [1.807, 2.05) is 6.07 Å². The van der Waals surface area contributed by atoms with Crippen LogP contribution in [0.15, 0.2) is 23.8 Å². The van der Waals surface area contributed by atoms with E-state index in [0.717, 1.165) is 28.3 Å². The average molecular weight is 369 g/mol. The second-order valence-electron chi connectivity index (χ2n) is 8.05. The molecular formula is C21H27N3O3. The molecule has 0 spiro atoms. The van der Waals surface area contributed by atoms with E-state index in [1.165, 1.54) is 25.3 Å². The van der Waals surface area contributed by atoms with Gasteiger partial charge in [0.2, 0.25) is 0 Å². The number of benzene rings is 1. The van der Waals surface area contributed by atoms with Crippen LogP contribution < -0.4 is 4.90 Å². The molecule has 0 N–H and O–H groups in total. The van der Waals surface area contributed by atoms with E-state index in [1.54, 1.807) is 6.08 Å². The number of barbiturate groups is 1. The zero-order valence-corrected chi connectivity index (χ0v) is 16.9. The summed E-state index contributed by atoms with van der Waals surface area (Å²) in [5.41, 5.74) is 3.32. The lowest BCUT2D eigenvalue weighted by Gasteiger charge is -2.47. The molecule has 0 bridgehead atoms. The summed E-state index contributed by atoms with van der Waals surface area (Å²) in [5, 5.41) is 0. The summed E-state index contributed by atoms with van der Waals surface area (Å²) in [6.07, 6.45) is 2.62. The first-order valence-corrected chi connectivity index (χ1v) is 9.31. The number of urea groups is 1. The first-order valence-electron chi connectivity index (χ1n) is 9.31. The van der Waals surface area contributed by atoms with Crippen LogP contribution in [0.2, 0.25) is 0 Å². The van der Waals surface area contributed by atoms with E-state index in [2.05, 4.69) is 44.7 Å². The van der Waals surface area contributed by atoms with Gasteiger partial charge in [-0.05, 0) is 62.4 Å². The van der Waals surface area contributed by atoms with E-state index in [9.17, 15) is 14.4 Å². The lowest BCUT2D eigenvalue weighted by molar-refractivity contribution is -0.134. The maximum Gasteiger partial charge on any atom is 0.333 e. The molecular weight excluding hydrogens is 342 g/mol. The third kappa shape index (κ3) is 3.03. The van der Waals surface area contributed by atoms with E-state index >= 15 is 0 Å². The number of hydrogen-bond acceptors (Lipinski definition) is 4. The smallest absolute Gasteiger partial charge is 0.333 e. The number of carbonyl (C=O) groups is 3. The molecule has 4 amide bonds. The Bertz CT molecular complexity index is 830. The third-order valence-corrected chi connectivity index (χ3v) is 5.68. The molecule has 6 nitrogen and oxygen atoms in total. The van der Waals surface area contributed by atoms with Crippen molar-refractivity contribution in [2.75, 3.05) is 25.5 Å². The van der Waals surface area contributed by atoms with Crippen LogP contribution in [0.1, 0.15) is 51.2 Å². The number of carbonyl (C=O) groups excluding carboxylic acids is 3. The molecule has 1 saturated heterocycles. The van der Waals surface area contributed by atoms with Crippen molar-refractivity contribution in [2.45, 2.75) is 45.6 Å². The number of likely N-dealkylation sites (N-methyl/N-ethyl adjacent to an activating group) is 2. The van der Waals surface area contributed by atoms with Crippen molar-refractivity contribution in [1.29, 1.82) is 0 Å². The minimum atomic E-state index is -0.609. The van der Waals surface area contributed by atoms with Crippen molar-refractivity contribution in [3.63, 3.8) is 0 Å². The van der Waals surface area contributed by atoms with E-state index in [-0.39, 0.29) is 11.1 Å². The molecule has 2 aliphatic rings. The SMILES string of the molecule is CCN1c2ccc(C=C3C(=O)N(C)C(=O)N(C)C3=O)cc2[C@H](C)CC1(C)C. The molecule has 27 heavy (non-hydrogen) atoms. The number of rotatable bonds is 2. The number of hydrogen-bond donors (Lipinski definition) is 0. The fraction of sp³-hybridized carbons (Fsp3) is 0.476. The fourth-order valence-corrected chi connectivity index (χ4v) is 4.34.